The summed E-state index contributed by atoms with van der Waals surface area (Å²) in [5, 5.41) is 0. The first-order valence-electron chi connectivity index (χ1n) is 5.77. The predicted molar refractivity (Wildman–Crippen MR) is 66.9 cm³/mol. The summed E-state index contributed by atoms with van der Waals surface area (Å²) < 4.78 is 20.9. The molecule has 4 nitrogen and oxygen atoms in total. The molecule has 0 aromatic carbocycles. The molecule has 0 saturated heterocycles. The van der Waals surface area contributed by atoms with Crippen LogP contribution in [0.2, 0.25) is 0 Å². The molecule has 0 radical (unpaired) electrons. The lowest BCUT2D eigenvalue weighted by molar-refractivity contribution is 0.00185. The molecule has 0 heterocycles. The minimum Gasteiger partial charge on any atom is -0.379 e. The SMILES string of the molecule is C#CCOCCOCCOCCOCCC=C. The summed E-state index contributed by atoms with van der Waals surface area (Å²) in [5.41, 5.74) is 0. The Morgan fingerprint density at radius 1 is 0.824 bits per heavy atom. The largest absolute Gasteiger partial charge is 0.379 e. The highest BCUT2D eigenvalue weighted by Gasteiger charge is 1.91. The summed E-state index contributed by atoms with van der Waals surface area (Å²) in [7, 11) is 0. The maximum absolute atomic E-state index is 5.29. The van der Waals surface area contributed by atoms with Crippen LogP contribution in [0.4, 0.5) is 0 Å². The van der Waals surface area contributed by atoms with Gasteiger partial charge >= 0.3 is 0 Å². The molecule has 0 aliphatic heterocycles. The van der Waals surface area contributed by atoms with Crippen LogP contribution in [0.15, 0.2) is 12.7 Å². The smallest absolute Gasteiger partial charge is 0.107 e. The van der Waals surface area contributed by atoms with Crippen molar-refractivity contribution in [1.29, 1.82) is 0 Å². The fraction of sp³-hybridized carbons (Fsp3) is 0.692. The molecule has 17 heavy (non-hydrogen) atoms. The first-order valence-corrected chi connectivity index (χ1v) is 5.77. The normalized spacial score (nSPS) is 10.1. The van der Waals surface area contributed by atoms with E-state index < -0.39 is 0 Å². The molecule has 0 aromatic heterocycles. The minimum atomic E-state index is 0.335. The summed E-state index contributed by atoms with van der Waals surface area (Å²) >= 11 is 0. The molecule has 0 atom stereocenters. The highest BCUT2D eigenvalue weighted by Crippen LogP contribution is 1.85. The Balaban J connectivity index is 2.89. The third kappa shape index (κ3) is 15.1. The van der Waals surface area contributed by atoms with Crippen LogP contribution in [0.1, 0.15) is 6.42 Å². The minimum absolute atomic E-state index is 0.335. The van der Waals surface area contributed by atoms with Crippen LogP contribution in [0.3, 0.4) is 0 Å². The monoisotopic (exact) mass is 242 g/mol. The summed E-state index contributed by atoms with van der Waals surface area (Å²) in [5.74, 6) is 2.38. The van der Waals surface area contributed by atoms with Gasteiger partial charge in [-0.1, -0.05) is 12.0 Å². The zero-order chi connectivity index (χ0) is 12.6. The van der Waals surface area contributed by atoms with E-state index >= 15 is 0 Å². The van der Waals surface area contributed by atoms with E-state index in [1.54, 1.807) is 0 Å². The predicted octanol–water partition coefficient (Wildman–Crippen LogP) is 1.26. The van der Waals surface area contributed by atoms with Crippen LogP contribution >= 0.6 is 0 Å². The fourth-order valence-corrected chi connectivity index (χ4v) is 0.958. The third-order valence-corrected chi connectivity index (χ3v) is 1.77. The standard InChI is InChI=1S/C13H22O4/c1-3-5-7-15-9-11-17-13-12-16-10-8-14-6-4-2/h2-3H,1,5-13H2. The first kappa shape index (κ1) is 16.1. The van der Waals surface area contributed by atoms with Crippen molar-refractivity contribution in [2.75, 3.05) is 52.9 Å². The van der Waals surface area contributed by atoms with Crippen molar-refractivity contribution in [2.24, 2.45) is 0 Å². The fourth-order valence-electron chi connectivity index (χ4n) is 0.958. The second-order valence-electron chi connectivity index (χ2n) is 3.17. The van der Waals surface area contributed by atoms with Gasteiger partial charge in [0.2, 0.25) is 0 Å². The van der Waals surface area contributed by atoms with E-state index in [1.165, 1.54) is 0 Å². The van der Waals surface area contributed by atoms with E-state index in [9.17, 15) is 0 Å². The zero-order valence-electron chi connectivity index (χ0n) is 10.4. The van der Waals surface area contributed by atoms with Gasteiger partial charge in [-0.3, -0.25) is 0 Å². The van der Waals surface area contributed by atoms with Crippen molar-refractivity contribution in [1.82, 2.24) is 0 Å². The van der Waals surface area contributed by atoms with Gasteiger partial charge in [0.1, 0.15) is 6.61 Å². The molecule has 0 aliphatic rings. The Morgan fingerprint density at radius 2 is 1.29 bits per heavy atom. The van der Waals surface area contributed by atoms with Gasteiger partial charge < -0.3 is 18.9 Å². The molecule has 0 unspecified atom stereocenters. The van der Waals surface area contributed by atoms with Crippen molar-refractivity contribution in [3.05, 3.63) is 12.7 Å². The first-order chi connectivity index (χ1) is 8.41. The molecule has 0 aliphatic carbocycles. The molecular formula is C13H22O4. The summed E-state index contributed by atoms with van der Waals surface area (Å²) in [4.78, 5) is 0. The second kappa shape index (κ2) is 15.1. The highest BCUT2D eigenvalue weighted by molar-refractivity contribution is 4.82. The topological polar surface area (TPSA) is 36.9 Å². The van der Waals surface area contributed by atoms with Gasteiger partial charge in [-0.15, -0.1) is 13.0 Å². The molecule has 0 amide bonds. The highest BCUT2D eigenvalue weighted by atomic mass is 16.6. The second-order valence-corrected chi connectivity index (χ2v) is 3.17. The summed E-state index contributed by atoms with van der Waals surface area (Å²) in [6, 6.07) is 0. The average molecular weight is 242 g/mol. The van der Waals surface area contributed by atoms with Crippen LogP contribution in [0.5, 0.6) is 0 Å². The molecule has 0 N–H and O–H groups in total. The van der Waals surface area contributed by atoms with Gasteiger partial charge in [0.15, 0.2) is 0 Å². The van der Waals surface area contributed by atoms with Gasteiger partial charge in [0, 0.05) is 0 Å². The van der Waals surface area contributed by atoms with Crippen molar-refractivity contribution in [2.45, 2.75) is 6.42 Å². The Morgan fingerprint density at radius 3 is 1.76 bits per heavy atom. The van der Waals surface area contributed by atoms with E-state index in [0.717, 1.165) is 6.42 Å². The summed E-state index contributed by atoms with van der Waals surface area (Å²) in [6.07, 6.45) is 7.72. The molecule has 98 valence electrons. The number of hydrogen-bond donors (Lipinski definition) is 0. The number of terminal acetylenes is 1. The van der Waals surface area contributed by atoms with Crippen molar-refractivity contribution >= 4 is 0 Å². The molecule has 0 spiro atoms. The van der Waals surface area contributed by atoms with Gasteiger partial charge in [0.05, 0.1) is 46.2 Å². The molecule has 0 rings (SSSR count). The Hall–Kier alpha value is -0.860. The zero-order valence-corrected chi connectivity index (χ0v) is 10.4. The lowest BCUT2D eigenvalue weighted by Gasteiger charge is -2.06. The van der Waals surface area contributed by atoms with E-state index in [1.807, 2.05) is 6.08 Å². The lowest BCUT2D eigenvalue weighted by Crippen LogP contribution is -2.12. The third-order valence-electron chi connectivity index (χ3n) is 1.77. The molecule has 0 aromatic rings. The molecule has 4 heteroatoms. The van der Waals surface area contributed by atoms with Crippen LogP contribution < -0.4 is 0 Å². The maximum Gasteiger partial charge on any atom is 0.107 e. The van der Waals surface area contributed by atoms with Crippen LogP contribution in [-0.2, 0) is 18.9 Å². The van der Waals surface area contributed by atoms with E-state index in [2.05, 4.69) is 12.5 Å². The van der Waals surface area contributed by atoms with Gasteiger partial charge in [-0.2, -0.15) is 0 Å². The van der Waals surface area contributed by atoms with Crippen LogP contribution in [-0.4, -0.2) is 52.9 Å². The number of rotatable bonds is 13. The van der Waals surface area contributed by atoms with Gasteiger partial charge in [0.25, 0.3) is 0 Å². The van der Waals surface area contributed by atoms with E-state index in [-0.39, 0.29) is 0 Å². The summed E-state index contributed by atoms with van der Waals surface area (Å²) in [6.45, 7) is 8.04. The molecule has 0 bridgehead atoms. The molecule has 0 fully saturated rings. The van der Waals surface area contributed by atoms with E-state index in [0.29, 0.717) is 52.9 Å². The van der Waals surface area contributed by atoms with Gasteiger partial charge in [-0.25, -0.2) is 0 Å². The van der Waals surface area contributed by atoms with Crippen LogP contribution in [0, 0.1) is 12.3 Å². The Bertz CT molecular complexity index is 198. The van der Waals surface area contributed by atoms with Crippen molar-refractivity contribution < 1.29 is 18.9 Å². The number of ether oxygens (including phenoxy) is 4. The van der Waals surface area contributed by atoms with Crippen molar-refractivity contribution in [3.8, 4) is 12.3 Å². The van der Waals surface area contributed by atoms with Crippen molar-refractivity contribution in [3.63, 3.8) is 0 Å². The van der Waals surface area contributed by atoms with E-state index in [4.69, 9.17) is 25.4 Å². The van der Waals surface area contributed by atoms with Gasteiger partial charge in [-0.05, 0) is 6.42 Å². The molecular weight excluding hydrogens is 220 g/mol. The number of hydrogen-bond acceptors (Lipinski definition) is 4. The molecule has 0 saturated carbocycles. The quantitative estimate of drug-likeness (QED) is 0.277. The Kier molecular flexibility index (Phi) is 14.4. The maximum atomic E-state index is 5.29. The van der Waals surface area contributed by atoms with Crippen LogP contribution in [0.25, 0.3) is 0 Å². The average Bonchev–Trinajstić information content (AvgIpc) is 2.35. The Labute approximate surface area is 104 Å². The lowest BCUT2D eigenvalue weighted by atomic mass is 10.5.